The summed E-state index contributed by atoms with van der Waals surface area (Å²) in [6.45, 7) is 1.89. The molecular weight excluding hydrogens is 328 g/mol. The van der Waals surface area contributed by atoms with Crippen LogP contribution < -0.4 is 14.5 Å². The van der Waals surface area contributed by atoms with Crippen LogP contribution in [0, 0.1) is 6.92 Å². The smallest absolute Gasteiger partial charge is 0.240 e. The standard InChI is InChI=1S/C15H22N6O2S/c1-11-6-8-12(9-7-11)24(22,23)16-10-13-17-14(20(2)3)19-15(18-13)21(4)5/h6-9,16H,10H2,1-5H3. The van der Waals surface area contributed by atoms with Crippen molar-refractivity contribution in [1.29, 1.82) is 0 Å². The molecule has 0 saturated carbocycles. The highest BCUT2D eigenvalue weighted by Crippen LogP contribution is 2.13. The second kappa shape index (κ2) is 7.10. The van der Waals surface area contributed by atoms with Gasteiger partial charge in [-0.2, -0.15) is 15.0 Å². The zero-order valence-electron chi connectivity index (χ0n) is 14.5. The van der Waals surface area contributed by atoms with Gasteiger partial charge in [0.25, 0.3) is 0 Å². The minimum absolute atomic E-state index is 0.0135. The van der Waals surface area contributed by atoms with E-state index in [0.29, 0.717) is 17.7 Å². The highest BCUT2D eigenvalue weighted by Gasteiger charge is 2.16. The van der Waals surface area contributed by atoms with Crippen LogP contribution in [0.4, 0.5) is 11.9 Å². The van der Waals surface area contributed by atoms with Crippen molar-refractivity contribution in [3.05, 3.63) is 35.7 Å². The SMILES string of the molecule is Cc1ccc(S(=O)(=O)NCc2nc(N(C)C)nc(N(C)C)n2)cc1. The second-order valence-corrected chi connectivity index (χ2v) is 7.55. The molecule has 2 aromatic rings. The van der Waals surface area contributed by atoms with Crippen LogP contribution in [-0.4, -0.2) is 51.6 Å². The van der Waals surface area contributed by atoms with Crippen molar-refractivity contribution in [3.63, 3.8) is 0 Å². The molecule has 0 aliphatic heterocycles. The van der Waals surface area contributed by atoms with E-state index in [1.165, 1.54) is 0 Å². The molecule has 0 radical (unpaired) electrons. The molecule has 0 fully saturated rings. The predicted octanol–water partition coefficient (Wildman–Crippen LogP) is 0.791. The Morgan fingerprint density at radius 2 is 1.42 bits per heavy atom. The van der Waals surface area contributed by atoms with Crippen molar-refractivity contribution in [2.24, 2.45) is 0 Å². The van der Waals surface area contributed by atoms with Gasteiger partial charge in [0.2, 0.25) is 21.9 Å². The molecule has 0 unspecified atom stereocenters. The molecule has 0 amide bonds. The number of aryl methyl sites for hydroxylation is 1. The lowest BCUT2D eigenvalue weighted by atomic mass is 10.2. The van der Waals surface area contributed by atoms with Crippen LogP contribution in [0.2, 0.25) is 0 Å². The first-order valence-electron chi connectivity index (χ1n) is 7.35. The molecule has 2 rings (SSSR count). The van der Waals surface area contributed by atoms with Crippen LogP contribution >= 0.6 is 0 Å². The van der Waals surface area contributed by atoms with Gasteiger partial charge in [-0.3, -0.25) is 0 Å². The van der Waals surface area contributed by atoms with Gasteiger partial charge >= 0.3 is 0 Å². The van der Waals surface area contributed by atoms with Crippen LogP contribution in [0.1, 0.15) is 11.4 Å². The molecule has 9 heteroatoms. The van der Waals surface area contributed by atoms with E-state index in [0.717, 1.165) is 5.56 Å². The molecular formula is C15H22N6O2S. The molecule has 8 nitrogen and oxygen atoms in total. The number of nitrogens with zero attached hydrogens (tertiary/aromatic N) is 5. The monoisotopic (exact) mass is 350 g/mol. The number of nitrogens with one attached hydrogen (secondary N) is 1. The molecule has 0 aliphatic carbocycles. The number of sulfonamides is 1. The van der Waals surface area contributed by atoms with Gasteiger partial charge in [0.05, 0.1) is 11.4 Å². The number of benzene rings is 1. The lowest BCUT2D eigenvalue weighted by Gasteiger charge is -2.16. The highest BCUT2D eigenvalue weighted by molar-refractivity contribution is 7.89. The van der Waals surface area contributed by atoms with Gasteiger partial charge in [0, 0.05) is 28.2 Å². The van der Waals surface area contributed by atoms with Crippen molar-refractivity contribution < 1.29 is 8.42 Å². The summed E-state index contributed by atoms with van der Waals surface area (Å²) in [5.74, 6) is 1.30. The van der Waals surface area contributed by atoms with Gasteiger partial charge in [0.1, 0.15) is 0 Å². The van der Waals surface area contributed by atoms with Crippen molar-refractivity contribution in [2.45, 2.75) is 18.4 Å². The molecule has 0 saturated heterocycles. The van der Waals surface area contributed by atoms with Crippen molar-refractivity contribution >= 4 is 21.9 Å². The Balaban J connectivity index is 2.23. The van der Waals surface area contributed by atoms with Crippen LogP contribution in [0.3, 0.4) is 0 Å². The van der Waals surface area contributed by atoms with Crippen molar-refractivity contribution in [1.82, 2.24) is 19.7 Å². The Bertz CT molecular complexity index is 777. The van der Waals surface area contributed by atoms with E-state index in [1.54, 1.807) is 34.1 Å². The lowest BCUT2D eigenvalue weighted by Crippen LogP contribution is -2.26. The summed E-state index contributed by atoms with van der Waals surface area (Å²) in [6.07, 6.45) is 0. The number of hydrogen-bond donors (Lipinski definition) is 1. The molecule has 24 heavy (non-hydrogen) atoms. The minimum atomic E-state index is -3.62. The van der Waals surface area contributed by atoms with E-state index in [-0.39, 0.29) is 11.4 Å². The summed E-state index contributed by atoms with van der Waals surface area (Å²) in [5.41, 5.74) is 0.998. The predicted molar refractivity (Wildman–Crippen MR) is 93.7 cm³/mol. The zero-order valence-corrected chi connectivity index (χ0v) is 15.3. The zero-order chi connectivity index (χ0) is 17.9. The van der Waals surface area contributed by atoms with Crippen LogP contribution in [-0.2, 0) is 16.6 Å². The van der Waals surface area contributed by atoms with Gasteiger partial charge < -0.3 is 9.80 Å². The Morgan fingerprint density at radius 1 is 0.917 bits per heavy atom. The maximum absolute atomic E-state index is 12.4. The van der Waals surface area contributed by atoms with Gasteiger partial charge in [0.15, 0.2) is 5.82 Å². The fourth-order valence-corrected chi connectivity index (χ4v) is 2.81. The van der Waals surface area contributed by atoms with E-state index in [4.69, 9.17) is 0 Å². The van der Waals surface area contributed by atoms with Gasteiger partial charge in [-0.25, -0.2) is 13.1 Å². The van der Waals surface area contributed by atoms with Crippen molar-refractivity contribution in [2.75, 3.05) is 38.0 Å². The van der Waals surface area contributed by atoms with Gasteiger partial charge in [-0.15, -0.1) is 0 Å². The third-order valence-electron chi connectivity index (χ3n) is 3.21. The maximum Gasteiger partial charge on any atom is 0.240 e. The Morgan fingerprint density at radius 3 is 1.88 bits per heavy atom. The number of hydrogen-bond acceptors (Lipinski definition) is 7. The lowest BCUT2D eigenvalue weighted by molar-refractivity contribution is 0.579. The van der Waals surface area contributed by atoms with E-state index in [9.17, 15) is 8.42 Å². The van der Waals surface area contributed by atoms with Crippen LogP contribution in [0.15, 0.2) is 29.2 Å². The first kappa shape index (κ1) is 18.1. The highest BCUT2D eigenvalue weighted by atomic mass is 32.2. The average molecular weight is 350 g/mol. The fraction of sp³-hybridized carbons (Fsp3) is 0.400. The second-order valence-electron chi connectivity index (χ2n) is 5.78. The summed E-state index contributed by atoms with van der Waals surface area (Å²) < 4.78 is 27.2. The van der Waals surface area contributed by atoms with E-state index in [1.807, 2.05) is 35.1 Å². The first-order chi connectivity index (χ1) is 11.2. The summed E-state index contributed by atoms with van der Waals surface area (Å²) in [7, 11) is 3.64. The summed E-state index contributed by atoms with van der Waals surface area (Å²) in [4.78, 5) is 16.5. The number of rotatable bonds is 6. The number of anilines is 2. The van der Waals surface area contributed by atoms with Gasteiger partial charge in [-0.05, 0) is 19.1 Å². The molecule has 0 aliphatic rings. The molecule has 1 aromatic heterocycles. The van der Waals surface area contributed by atoms with Crippen molar-refractivity contribution in [3.8, 4) is 0 Å². The largest absolute Gasteiger partial charge is 0.347 e. The Hall–Kier alpha value is -2.26. The maximum atomic E-state index is 12.4. The summed E-state index contributed by atoms with van der Waals surface area (Å²) in [6, 6.07) is 6.65. The molecule has 1 aromatic carbocycles. The Kier molecular flexibility index (Phi) is 5.35. The van der Waals surface area contributed by atoms with Crippen LogP contribution in [0.5, 0.6) is 0 Å². The average Bonchev–Trinajstić information content (AvgIpc) is 2.53. The molecule has 0 bridgehead atoms. The van der Waals surface area contributed by atoms with E-state index >= 15 is 0 Å². The Labute approximate surface area is 142 Å². The third-order valence-corrected chi connectivity index (χ3v) is 4.63. The van der Waals surface area contributed by atoms with E-state index in [2.05, 4.69) is 19.7 Å². The molecule has 0 spiro atoms. The fourth-order valence-electron chi connectivity index (χ4n) is 1.83. The summed E-state index contributed by atoms with van der Waals surface area (Å²) in [5, 5.41) is 0. The van der Waals surface area contributed by atoms with E-state index < -0.39 is 10.0 Å². The normalized spacial score (nSPS) is 11.4. The third kappa shape index (κ3) is 4.39. The van der Waals surface area contributed by atoms with Gasteiger partial charge in [-0.1, -0.05) is 17.7 Å². The quantitative estimate of drug-likeness (QED) is 0.823. The first-order valence-corrected chi connectivity index (χ1v) is 8.83. The molecule has 1 heterocycles. The molecule has 130 valence electrons. The minimum Gasteiger partial charge on any atom is -0.347 e. The summed E-state index contributed by atoms with van der Waals surface area (Å²) >= 11 is 0. The topological polar surface area (TPSA) is 91.3 Å². The van der Waals surface area contributed by atoms with Crippen LogP contribution in [0.25, 0.3) is 0 Å². The number of aromatic nitrogens is 3. The molecule has 0 atom stereocenters. The molecule has 1 N–H and O–H groups in total.